The normalized spacial score (nSPS) is 13.3. The molecule has 0 saturated heterocycles. The zero-order chi connectivity index (χ0) is 15.8. The molecule has 0 unspecified atom stereocenters. The first-order valence-corrected chi connectivity index (χ1v) is 6.25. The Bertz CT molecular complexity index is 612. The molecule has 116 valence electrons. The van der Waals surface area contributed by atoms with E-state index in [4.69, 9.17) is 30.6 Å². The molecule has 2 rings (SSSR count). The minimum absolute atomic E-state index is 0.0677. The second-order valence-corrected chi connectivity index (χ2v) is 4.88. The monoisotopic (exact) mass is 298 g/mol. The fourth-order valence-corrected chi connectivity index (χ4v) is 2.36. The standard InChI is InChI=1S/C13H18N2O6/c1-14-8-9(10-4-2-3-5-11(10)14)6-7-15(12(16,17)18)13(19,20)21/h2-5,8,16-21H,6-7H2,1H3. The van der Waals surface area contributed by atoms with Crippen LogP contribution in [0.2, 0.25) is 0 Å². The van der Waals surface area contributed by atoms with Crippen LogP contribution < -0.4 is 0 Å². The van der Waals surface area contributed by atoms with Gasteiger partial charge >= 0.3 is 12.2 Å². The highest BCUT2D eigenvalue weighted by Gasteiger charge is 2.43. The molecule has 0 amide bonds. The van der Waals surface area contributed by atoms with Crippen molar-refractivity contribution >= 4 is 10.9 Å². The van der Waals surface area contributed by atoms with Gasteiger partial charge in [-0.2, -0.15) is 0 Å². The van der Waals surface area contributed by atoms with Gasteiger partial charge in [-0.1, -0.05) is 18.2 Å². The predicted octanol–water partition coefficient (Wildman–Crippen LogP) is -1.80. The average Bonchev–Trinajstić information content (AvgIpc) is 2.64. The molecule has 8 heteroatoms. The van der Waals surface area contributed by atoms with Crippen molar-refractivity contribution in [2.24, 2.45) is 7.05 Å². The van der Waals surface area contributed by atoms with Crippen LogP contribution in [0.4, 0.5) is 0 Å². The van der Waals surface area contributed by atoms with E-state index in [2.05, 4.69) is 0 Å². The van der Waals surface area contributed by atoms with E-state index in [-0.39, 0.29) is 11.3 Å². The Morgan fingerprint density at radius 1 is 1.00 bits per heavy atom. The molecular formula is C13H18N2O6. The second kappa shape index (κ2) is 5.35. The van der Waals surface area contributed by atoms with Gasteiger partial charge in [0.15, 0.2) is 0 Å². The van der Waals surface area contributed by atoms with Crippen LogP contribution in [-0.2, 0) is 13.5 Å². The molecule has 0 radical (unpaired) electrons. The Hall–Kier alpha value is -1.52. The van der Waals surface area contributed by atoms with Crippen molar-refractivity contribution in [3.05, 3.63) is 36.0 Å². The van der Waals surface area contributed by atoms with Crippen molar-refractivity contribution in [1.29, 1.82) is 0 Å². The van der Waals surface area contributed by atoms with Crippen LogP contribution in [0.3, 0.4) is 0 Å². The first-order valence-electron chi connectivity index (χ1n) is 6.25. The number of nitrogens with zero attached hydrogens (tertiary/aromatic N) is 2. The summed E-state index contributed by atoms with van der Waals surface area (Å²) in [6.45, 7) is -0.416. The topological polar surface area (TPSA) is 130 Å². The maximum absolute atomic E-state index is 9.06. The summed E-state index contributed by atoms with van der Waals surface area (Å²) in [6.07, 6.45) is -5.20. The largest absolute Gasteiger partial charge is 0.352 e. The fraction of sp³-hybridized carbons (Fsp3) is 0.385. The summed E-state index contributed by atoms with van der Waals surface area (Å²) in [7, 11) is 1.84. The lowest BCUT2D eigenvalue weighted by molar-refractivity contribution is -0.509. The van der Waals surface area contributed by atoms with Crippen LogP contribution in [0.25, 0.3) is 10.9 Å². The first-order chi connectivity index (χ1) is 9.60. The van der Waals surface area contributed by atoms with Gasteiger partial charge in [0, 0.05) is 30.7 Å². The summed E-state index contributed by atoms with van der Waals surface area (Å²) in [5.41, 5.74) is 1.73. The summed E-state index contributed by atoms with van der Waals surface area (Å²) in [5, 5.41) is 55.3. The molecule has 1 aromatic heterocycles. The molecule has 0 bridgehead atoms. The molecule has 8 nitrogen and oxygen atoms in total. The number of rotatable bonds is 5. The van der Waals surface area contributed by atoms with Crippen molar-refractivity contribution in [2.45, 2.75) is 18.6 Å². The van der Waals surface area contributed by atoms with Gasteiger partial charge in [0.05, 0.1) is 0 Å². The molecule has 0 aliphatic rings. The molecule has 0 atom stereocenters. The summed E-state index contributed by atoms with van der Waals surface area (Å²) < 4.78 is 1.86. The first kappa shape index (κ1) is 15.9. The Morgan fingerprint density at radius 3 is 2.14 bits per heavy atom. The van der Waals surface area contributed by atoms with Crippen LogP contribution >= 0.6 is 0 Å². The van der Waals surface area contributed by atoms with Crippen molar-refractivity contribution in [3.8, 4) is 0 Å². The van der Waals surface area contributed by atoms with E-state index >= 15 is 0 Å². The average molecular weight is 298 g/mol. The molecule has 21 heavy (non-hydrogen) atoms. The molecule has 1 heterocycles. The van der Waals surface area contributed by atoms with Gasteiger partial charge in [-0.05, 0) is 18.1 Å². The van der Waals surface area contributed by atoms with E-state index in [1.54, 1.807) is 6.20 Å². The van der Waals surface area contributed by atoms with E-state index in [1.165, 1.54) is 0 Å². The van der Waals surface area contributed by atoms with Crippen LogP contribution in [-0.4, -0.2) is 58.8 Å². The molecule has 0 saturated carbocycles. The van der Waals surface area contributed by atoms with Crippen LogP contribution in [0.5, 0.6) is 0 Å². The number of fused-ring (bicyclic) bond motifs is 1. The second-order valence-electron chi connectivity index (χ2n) is 4.88. The minimum atomic E-state index is -3.57. The SMILES string of the molecule is Cn1cc(CCN(C(O)(O)O)C(O)(O)O)c2ccccc21. The van der Waals surface area contributed by atoms with Crippen LogP contribution in [0, 0.1) is 0 Å². The van der Waals surface area contributed by atoms with Crippen molar-refractivity contribution < 1.29 is 30.6 Å². The fourth-order valence-electron chi connectivity index (χ4n) is 2.36. The molecule has 0 spiro atoms. The molecule has 1 aromatic carbocycles. The lowest BCUT2D eigenvalue weighted by Gasteiger charge is -2.35. The summed E-state index contributed by atoms with van der Waals surface area (Å²) in [5.74, 6) is 0. The Morgan fingerprint density at radius 2 is 1.57 bits per heavy atom. The number of hydrogen-bond acceptors (Lipinski definition) is 7. The predicted molar refractivity (Wildman–Crippen MR) is 72.1 cm³/mol. The third-order valence-electron chi connectivity index (χ3n) is 3.31. The van der Waals surface area contributed by atoms with Crippen LogP contribution in [0.1, 0.15) is 5.56 Å². The number of aryl methyl sites for hydroxylation is 1. The third-order valence-corrected chi connectivity index (χ3v) is 3.31. The van der Waals surface area contributed by atoms with Gasteiger partial charge < -0.3 is 35.2 Å². The van der Waals surface area contributed by atoms with Gasteiger partial charge in [0.1, 0.15) is 0 Å². The van der Waals surface area contributed by atoms with Crippen molar-refractivity contribution in [3.63, 3.8) is 0 Å². The molecule has 2 aromatic rings. The highest BCUT2D eigenvalue weighted by atomic mass is 16.8. The summed E-state index contributed by atoms with van der Waals surface area (Å²) in [4.78, 5) is -0.0677. The molecule has 0 aliphatic heterocycles. The molecule has 0 aliphatic carbocycles. The quantitative estimate of drug-likeness (QED) is 0.359. The number of aromatic nitrogens is 1. The lowest BCUT2D eigenvalue weighted by atomic mass is 10.1. The zero-order valence-corrected chi connectivity index (χ0v) is 11.4. The Labute approximate surface area is 120 Å². The molecule has 0 fully saturated rings. The number of benzene rings is 1. The Balaban J connectivity index is 2.24. The van der Waals surface area contributed by atoms with Crippen molar-refractivity contribution in [1.82, 2.24) is 9.47 Å². The smallest absolute Gasteiger partial charge is 0.350 e. The lowest BCUT2D eigenvalue weighted by Crippen LogP contribution is -2.61. The summed E-state index contributed by atoms with van der Waals surface area (Å²) >= 11 is 0. The highest BCUT2D eigenvalue weighted by molar-refractivity contribution is 5.83. The van der Waals surface area contributed by atoms with E-state index < -0.39 is 18.7 Å². The van der Waals surface area contributed by atoms with Gasteiger partial charge in [-0.3, -0.25) is 0 Å². The van der Waals surface area contributed by atoms with E-state index in [1.807, 2.05) is 35.9 Å². The number of aliphatic hydroxyl groups is 6. The van der Waals surface area contributed by atoms with E-state index in [0.29, 0.717) is 0 Å². The number of hydrogen-bond donors (Lipinski definition) is 6. The van der Waals surface area contributed by atoms with E-state index in [0.717, 1.165) is 16.5 Å². The number of para-hydroxylation sites is 1. The molecular weight excluding hydrogens is 280 g/mol. The van der Waals surface area contributed by atoms with E-state index in [9.17, 15) is 0 Å². The Kier molecular flexibility index (Phi) is 4.04. The van der Waals surface area contributed by atoms with Gasteiger partial charge in [0.2, 0.25) is 0 Å². The summed E-state index contributed by atoms with van der Waals surface area (Å²) in [6, 6.07) is 7.48. The maximum Gasteiger partial charge on any atom is 0.352 e. The maximum atomic E-state index is 9.06. The third kappa shape index (κ3) is 3.39. The zero-order valence-electron chi connectivity index (χ0n) is 11.4. The van der Waals surface area contributed by atoms with Gasteiger partial charge in [0.25, 0.3) is 0 Å². The minimum Gasteiger partial charge on any atom is -0.350 e. The van der Waals surface area contributed by atoms with Gasteiger partial charge in [-0.15, -0.1) is 4.90 Å². The highest BCUT2D eigenvalue weighted by Crippen LogP contribution is 2.22. The van der Waals surface area contributed by atoms with Crippen LogP contribution in [0.15, 0.2) is 30.5 Å². The van der Waals surface area contributed by atoms with Crippen molar-refractivity contribution in [2.75, 3.05) is 6.54 Å². The molecule has 6 N–H and O–H groups in total. The van der Waals surface area contributed by atoms with Gasteiger partial charge in [-0.25, -0.2) is 0 Å².